The van der Waals surface area contributed by atoms with Crippen molar-refractivity contribution in [2.75, 3.05) is 13.2 Å². The zero-order valence-corrected chi connectivity index (χ0v) is 13.3. The molecule has 21 heavy (non-hydrogen) atoms. The number of carbonyl (C=O) groups is 1. The van der Waals surface area contributed by atoms with Crippen LogP contribution in [0, 0.1) is 19.3 Å². The van der Waals surface area contributed by atoms with Gasteiger partial charge in [0, 0.05) is 25.0 Å². The Kier molecular flexibility index (Phi) is 4.13. The van der Waals surface area contributed by atoms with Crippen LogP contribution in [0.2, 0.25) is 0 Å². The summed E-state index contributed by atoms with van der Waals surface area (Å²) in [6, 6.07) is 0. The normalized spacial score (nSPS) is 27.2. The van der Waals surface area contributed by atoms with Gasteiger partial charge in [-0.1, -0.05) is 19.0 Å². The van der Waals surface area contributed by atoms with E-state index in [1.807, 2.05) is 20.8 Å². The summed E-state index contributed by atoms with van der Waals surface area (Å²) in [6.07, 6.45) is 0.541. The molecule has 6 nitrogen and oxygen atoms in total. The first-order valence-corrected chi connectivity index (χ1v) is 7.28. The van der Waals surface area contributed by atoms with Crippen LogP contribution >= 0.6 is 0 Å². The minimum Gasteiger partial charge on any atom is -0.387 e. The van der Waals surface area contributed by atoms with Gasteiger partial charge in [-0.05, 0) is 20.8 Å². The van der Waals surface area contributed by atoms with Gasteiger partial charge in [-0.2, -0.15) is 0 Å². The molecule has 0 radical (unpaired) electrons. The van der Waals surface area contributed by atoms with E-state index in [0.717, 1.165) is 0 Å². The summed E-state index contributed by atoms with van der Waals surface area (Å²) in [5, 5.41) is 17.2. The number of nitrogens with one attached hydrogen (secondary N) is 1. The lowest BCUT2D eigenvalue weighted by Crippen LogP contribution is -2.68. The van der Waals surface area contributed by atoms with E-state index >= 15 is 0 Å². The Morgan fingerprint density at radius 2 is 2.19 bits per heavy atom. The fourth-order valence-electron chi connectivity index (χ4n) is 2.88. The summed E-state index contributed by atoms with van der Waals surface area (Å²) in [5.74, 6) is 0.215. The van der Waals surface area contributed by atoms with E-state index in [1.165, 1.54) is 0 Å². The highest BCUT2D eigenvalue weighted by atomic mass is 16.5. The van der Waals surface area contributed by atoms with E-state index in [9.17, 15) is 9.90 Å². The van der Waals surface area contributed by atoms with Crippen molar-refractivity contribution in [3.8, 4) is 0 Å². The lowest BCUT2D eigenvalue weighted by atomic mass is 9.56. The molecule has 2 N–H and O–H groups in total. The maximum absolute atomic E-state index is 12.2. The number of rotatable bonds is 5. The molecular weight excluding hydrogens is 272 g/mol. The van der Waals surface area contributed by atoms with Crippen molar-refractivity contribution in [1.82, 2.24) is 10.5 Å². The van der Waals surface area contributed by atoms with Gasteiger partial charge in [-0.3, -0.25) is 4.79 Å². The molecule has 1 aromatic heterocycles. The van der Waals surface area contributed by atoms with E-state index < -0.39 is 11.0 Å². The Morgan fingerprint density at radius 3 is 2.67 bits per heavy atom. The van der Waals surface area contributed by atoms with E-state index in [4.69, 9.17) is 9.26 Å². The van der Waals surface area contributed by atoms with E-state index in [2.05, 4.69) is 10.5 Å². The fourth-order valence-corrected chi connectivity index (χ4v) is 2.88. The van der Waals surface area contributed by atoms with Crippen LogP contribution in [0.15, 0.2) is 4.52 Å². The highest BCUT2D eigenvalue weighted by molar-refractivity contribution is 5.96. The summed E-state index contributed by atoms with van der Waals surface area (Å²) in [7, 11) is 0. The lowest BCUT2D eigenvalue weighted by molar-refractivity contribution is -0.237. The minimum atomic E-state index is -0.957. The van der Waals surface area contributed by atoms with Crippen LogP contribution in [-0.2, 0) is 4.74 Å². The zero-order valence-electron chi connectivity index (χ0n) is 13.3. The number of hydrogen-bond acceptors (Lipinski definition) is 5. The Balaban J connectivity index is 1.99. The standard InChI is InChI=1S/C15H24N2O4/c1-6-20-11-7-15(19,14(11,4)5)8-16-13(18)12-9(2)17-21-10(12)3/h11,19H,6-8H2,1-5H3,(H,16,18)/t11-,15-/m0/s1. The average molecular weight is 296 g/mol. The second kappa shape index (κ2) is 5.42. The van der Waals surface area contributed by atoms with Crippen LogP contribution in [0.5, 0.6) is 0 Å². The Labute approximate surface area is 124 Å². The number of aromatic nitrogens is 1. The third-order valence-electron chi connectivity index (χ3n) is 4.70. The second-order valence-corrected chi connectivity index (χ2v) is 6.28. The fraction of sp³-hybridized carbons (Fsp3) is 0.733. The molecule has 6 heteroatoms. The van der Waals surface area contributed by atoms with Gasteiger partial charge in [-0.25, -0.2) is 0 Å². The summed E-state index contributed by atoms with van der Waals surface area (Å²) in [6.45, 7) is 10.1. The van der Waals surface area contributed by atoms with E-state index in [1.54, 1.807) is 13.8 Å². The zero-order chi connectivity index (χ0) is 15.8. The first kappa shape index (κ1) is 16.0. The minimum absolute atomic E-state index is 0.0171. The molecule has 1 saturated carbocycles. The Hall–Kier alpha value is -1.40. The molecule has 1 fully saturated rings. The SMILES string of the molecule is CCO[C@H]1C[C@](O)(CNC(=O)c2c(C)noc2C)C1(C)C. The molecule has 1 amide bonds. The van der Waals surface area contributed by atoms with Gasteiger partial charge < -0.3 is 19.7 Å². The molecule has 118 valence electrons. The monoisotopic (exact) mass is 296 g/mol. The van der Waals surface area contributed by atoms with Crippen LogP contribution in [0.4, 0.5) is 0 Å². The predicted molar refractivity (Wildman–Crippen MR) is 77.1 cm³/mol. The van der Waals surface area contributed by atoms with Gasteiger partial charge in [0.05, 0.1) is 17.4 Å². The van der Waals surface area contributed by atoms with Crippen LogP contribution in [0.1, 0.15) is 49.0 Å². The highest BCUT2D eigenvalue weighted by Crippen LogP contribution is 2.50. The lowest BCUT2D eigenvalue weighted by Gasteiger charge is -2.57. The molecule has 1 heterocycles. The molecule has 2 atom stereocenters. The van der Waals surface area contributed by atoms with E-state index in [0.29, 0.717) is 30.0 Å². The van der Waals surface area contributed by atoms with Gasteiger partial charge >= 0.3 is 0 Å². The van der Waals surface area contributed by atoms with Gasteiger partial charge in [-0.15, -0.1) is 0 Å². The first-order valence-electron chi connectivity index (χ1n) is 7.28. The van der Waals surface area contributed by atoms with Crippen LogP contribution < -0.4 is 5.32 Å². The van der Waals surface area contributed by atoms with Crippen molar-refractivity contribution < 1.29 is 19.2 Å². The summed E-state index contributed by atoms with van der Waals surface area (Å²) in [4.78, 5) is 12.2. The van der Waals surface area contributed by atoms with Crippen molar-refractivity contribution in [2.24, 2.45) is 5.41 Å². The number of amides is 1. The molecule has 0 aromatic carbocycles. The summed E-state index contributed by atoms with van der Waals surface area (Å²) in [5.41, 5.74) is -0.356. The second-order valence-electron chi connectivity index (χ2n) is 6.28. The Bertz CT molecular complexity index is 518. The Morgan fingerprint density at radius 1 is 1.52 bits per heavy atom. The quantitative estimate of drug-likeness (QED) is 0.862. The molecule has 0 bridgehead atoms. The number of nitrogens with zero attached hydrogens (tertiary/aromatic N) is 1. The largest absolute Gasteiger partial charge is 0.387 e. The van der Waals surface area contributed by atoms with Crippen molar-refractivity contribution in [3.63, 3.8) is 0 Å². The molecular formula is C15H24N2O4. The molecule has 0 unspecified atom stereocenters. The predicted octanol–water partition coefficient (Wildman–Crippen LogP) is 1.59. The van der Waals surface area contributed by atoms with Crippen LogP contribution in [-0.4, -0.2) is 41.0 Å². The average Bonchev–Trinajstić information content (AvgIpc) is 2.75. The molecule has 0 saturated heterocycles. The molecule has 1 aromatic rings. The third-order valence-corrected chi connectivity index (χ3v) is 4.70. The number of aliphatic hydroxyl groups is 1. The van der Waals surface area contributed by atoms with Crippen molar-refractivity contribution in [1.29, 1.82) is 0 Å². The first-order chi connectivity index (χ1) is 9.73. The number of carbonyl (C=O) groups excluding carboxylic acids is 1. The molecule has 0 aliphatic heterocycles. The number of ether oxygens (including phenoxy) is 1. The van der Waals surface area contributed by atoms with Crippen molar-refractivity contribution in [2.45, 2.75) is 52.7 Å². The maximum atomic E-state index is 12.2. The van der Waals surface area contributed by atoms with Gasteiger partial charge in [0.25, 0.3) is 5.91 Å². The molecule has 2 rings (SSSR count). The maximum Gasteiger partial charge on any atom is 0.256 e. The van der Waals surface area contributed by atoms with Gasteiger partial charge in [0.2, 0.25) is 0 Å². The number of aryl methyl sites for hydroxylation is 2. The smallest absolute Gasteiger partial charge is 0.256 e. The highest BCUT2D eigenvalue weighted by Gasteiger charge is 2.59. The van der Waals surface area contributed by atoms with Gasteiger partial charge in [0.15, 0.2) is 0 Å². The van der Waals surface area contributed by atoms with E-state index in [-0.39, 0.29) is 18.6 Å². The summed E-state index contributed by atoms with van der Waals surface area (Å²) >= 11 is 0. The topological polar surface area (TPSA) is 84.6 Å². The molecule has 1 aliphatic carbocycles. The van der Waals surface area contributed by atoms with Crippen molar-refractivity contribution >= 4 is 5.91 Å². The van der Waals surface area contributed by atoms with Crippen LogP contribution in [0.25, 0.3) is 0 Å². The summed E-state index contributed by atoms with van der Waals surface area (Å²) < 4.78 is 10.6. The third kappa shape index (κ3) is 2.58. The molecule has 1 aliphatic rings. The van der Waals surface area contributed by atoms with Crippen LogP contribution in [0.3, 0.4) is 0 Å². The van der Waals surface area contributed by atoms with Gasteiger partial charge in [0.1, 0.15) is 11.3 Å². The van der Waals surface area contributed by atoms with Crippen molar-refractivity contribution in [3.05, 3.63) is 17.0 Å². The number of hydrogen-bond donors (Lipinski definition) is 2. The molecule has 0 spiro atoms.